The van der Waals surface area contributed by atoms with Gasteiger partial charge in [-0.3, -0.25) is 0 Å². The molecule has 0 aromatic heterocycles. The summed E-state index contributed by atoms with van der Waals surface area (Å²) in [5.74, 6) is 0.855. The quantitative estimate of drug-likeness (QED) is 0.694. The standard InChI is InChI=1S/C18H17N3O/c1-2-5-14-10-16(9-8-13(14)4-1)15-6-3-7-17(11-15)22-18-12-19-21-20-18/h1-11,18-21H,12H2. The van der Waals surface area contributed by atoms with Crippen LogP contribution in [0, 0.1) is 0 Å². The molecule has 0 spiro atoms. The topological polar surface area (TPSA) is 45.3 Å². The fourth-order valence-corrected chi connectivity index (χ4v) is 2.68. The maximum Gasteiger partial charge on any atom is 0.177 e. The second kappa shape index (κ2) is 5.77. The largest absolute Gasteiger partial charge is 0.473 e. The molecular formula is C18H17N3O. The summed E-state index contributed by atoms with van der Waals surface area (Å²) in [4.78, 5) is 0. The Morgan fingerprint density at radius 2 is 1.68 bits per heavy atom. The van der Waals surface area contributed by atoms with E-state index in [1.807, 2.05) is 12.1 Å². The van der Waals surface area contributed by atoms with Gasteiger partial charge >= 0.3 is 0 Å². The summed E-state index contributed by atoms with van der Waals surface area (Å²) in [6, 6.07) is 23.1. The van der Waals surface area contributed by atoms with Crippen LogP contribution in [0.2, 0.25) is 0 Å². The summed E-state index contributed by atoms with van der Waals surface area (Å²) in [6.07, 6.45) is -0.0631. The van der Waals surface area contributed by atoms with Gasteiger partial charge in [-0.25, -0.2) is 10.9 Å². The second-order valence-electron chi connectivity index (χ2n) is 5.35. The monoisotopic (exact) mass is 291 g/mol. The first-order valence-electron chi connectivity index (χ1n) is 7.38. The highest BCUT2D eigenvalue weighted by Crippen LogP contribution is 2.27. The van der Waals surface area contributed by atoms with Gasteiger partial charge in [0.15, 0.2) is 6.23 Å². The van der Waals surface area contributed by atoms with Gasteiger partial charge in [0, 0.05) is 0 Å². The van der Waals surface area contributed by atoms with E-state index in [0.29, 0.717) is 0 Å². The van der Waals surface area contributed by atoms with Crippen molar-refractivity contribution >= 4 is 10.8 Å². The van der Waals surface area contributed by atoms with Gasteiger partial charge in [-0.15, -0.1) is 0 Å². The lowest BCUT2D eigenvalue weighted by atomic mass is 10.0. The molecule has 4 heteroatoms. The predicted molar refractivity (Wildman–Crippen MR) is 88.1 cm³/mol. The van der Waals surface area contributed by atoms with Crippen LogP contribution in [0.25, 0.3) is 21.9 Å². The first-order chi connectivity index (χ1) is 10.9. The van der Waals surface area contributed by atoms with Crippen LogP contribution < -0.4 is 21.1 Å². The Hall–Kier alpha value is -2.40. The van der Waals surface area contributed by atoms with Gasteiger partial charge in [0.2, 0.25) is 0 Å². The van der Waals surface area contributed by atoms with E-state index < -0.39 is 0 Å². The fourth-order valence-electron chi connectivity index (χ4n) is 2.68. The van der Waals surface area contributed by atoms with Crippen molar-refractivity contribution in [1.82, 2.24) is 16.4 Å². The number of nitrogens with one attached hydrogen (secondary N) is 3. The molecule has 4 rings (SSSR count). The molecule has 1 unspecified atom stereocenters. The van der Waals surface area contributed by atoms with Crippen molar-refractivity contribution in [3.8, 4) is 16.9 Å². The van der Waals surface area contributed by atoms with Crippen LogP contribution in [0.15, 0.2) is 66.7 Å². The van der Waals surface area contributed by atoms with Gasteiger partial charge in [0.1, 0.15) is 5.75 Å². The Labute approximate surface area is 129 Å². The Balaban J connectivity index is 1.65. The number of benzene rings is 3. The molecule has 3 aromatic rings. The predicted octanol–water partition coefficient (Wildman–Crippen LogP) is 2.82. The van der Waals surface area contributed by atoms with E-state index in [4.69, 9.17) is 4.74 Å². The lowest BCUT2D eigenvalue weighted by molar-refractivity contribution is 0.191. The van der Waals surface area contributed by atoms with E-state index in [9.17, 15) is 0 Å². The zero-order valence-electron chi connectivity index (χ0n) is 12.0. The van der Waals surface area contributed by atoms with E-state index in [1.54, 1.807) is 0 Å². The van der Waals surface area contributed by atoms with Crippen molar-refractivity contribution in [3.63, 3.8) is 0 Å². The highest BCUT2D eigenvalue weighted by molar-refractivity contribution is 5.87. The van der Waals surface area contributed by atoms with E-state index in [1.165, 1.54) is 16.3 Å². The molecule has 110 valence electrons. The molecule has 4 nitrogen and oxygen atoms in total. The summed E-state index contributed by atoms with van der Waals surface area (Å²) < 4.78 is 5.89. The smallest absolute Gasteiger partial charge is 0.177 e. The van der Waals surface area contributed by atoms with Gasteiger partial charge in [0.25, 0.3) is 0 Å². The molecule has 3 N–H and O–H groups in total. The van der Waals surface area contributed by atoms with Crippen molar-refractivity contribution < 1.29 is 4.74 Å². The summed E-state index contributed by atoms with van der Waals surface area (Å²) >= 11 is 0. The van der Waals surface area contributed by atoms with E-state index in [0.717, 1.165) is 17.9 Å². The van der Waals surface area contributed by atoms with Crippen LogP contribution in [0.4, 0.5) is 0 Å². The van der Waals surface area contributed by atoms with E-state index in [2.05, 4.69) is 71.0 Å². The first-order valence-corrected chi connectivity index (χ1v) is 7.38. The minimum atomic E-state index is -0.0631. The number of fused-ring (bicyclic) bond motifs is 1. The van der Waals surface area contributed by atoms with Gasteiger partial charge in [-0.05, 0) is 40.1 Å². The molecule has 1 saturated heterocycles. The number of ether oxygens (including phenoxy) is 1. The number of hydrazine groups is 2. The third-order valence-electron chi connectivity index (χ3n) is 3.80. The lowest BCUT2D eigenvalue weighted by Crippen LogP contribution is -2.36. The van der Waals surface area contributed by atoms with Crippen LogP contribution in [0.5, 0.6) is 5.75 Å². The molecule has 1 heterocycles. The molecule has 0 aliphatic carbocycles. The van der Waals surface area contributed by atoms with Crippen molar-refractivity contribution in [2.24, 2.45) is 0 Å². The average Bonchev–Trinajstić information content (AvgIpc) is 3.08. The van der Waals surface area contributed by atoms with Crippen LogP contribution >= 0.6 is 0 Å². The molecule has 1 fully saturated rings. The molecule has 1 atom stereocenters. The molecule has 22 heavy (non-hydrogen) atoms. The van der Waals surface area contributed by atoms with E-state index >= 15 is 0 Å². The molecule has 1 aliphatic heterocycles. The normalized spacial score (nSPS) is 17.7. The first kappa shape index (κ1) is 13.3. The molecule has 1 aliphatic rings. The number of rotatable bonds is 3. The van der Waals surface area contributed by atoms with Crippen LogP contribution in [-0.4, -0.2) is 12.8 Å². The lowest BCUT2D eigenvalue weighted by Gasteiger charge is -2.13. The Morgan fingerprint density at radius 1 is 0.818 bits per heavy atom. The highest BCUT2D eigenvalue weighted by atomic mass is 16.5. The Kier molecular flexibility index (Phi) is 3.48. The third kappa shape index (κ3) is 2.67. The Morgan fingerprint density at radius 3 is 2.55 bits per heavy atom. The van der Waals surface area contributed by atoms with Gasteiger partial charge in [0.05, 0.1) is 6.54 Å². The van der Waals surface area contributed by atoms with Crippen molar-refractivity contribution in [3.05, 3.63) is 66.7 Å². The maximum atomic E-state index is 5.89. The Bertz CT molecular complexity index is 797. The van der Waals surface area contributed by atoms with Crippen molar-refractivity contribution in [2.75, 3.05) is 6.54 Å². The zero-order chi connectivity index (χ0) is 14.8. The maximum absolute atomic E-state index is 5.89. The number of hydrogen-bond donors (Lipinski definition) is 3. The molecule has 0 bridgehead atoms. The molecule has 0 amide bonds. The minimum absolute atomic E-state index is 0.0631. The molecule has 3 aromatic carbocycles. The SMILES string of the molecule is c1cc(OC2CNNN2)cc(-c2ccc3ccccc3c2)c1. The van der Waals surface area contributed by atoms with Crippen LogP contribution in [0.3, 0.4) is 0 Å². The van der Waals surface area contributed by atoms with Gasteiger partial charge < -0.3 is 4.74 Å². The summed E-state index contributed by atoms with van der Waals surface area (Å²) in [5.41, 5.74) is 11.2. The van der Waals surface area contributed by atoms with Crippen LogP contribution in [-0.2, 0) is 0 Å². The average molecular weight is 291 g/mol. The molecule has 0 saturated carbocycles. The molecule has 0 radical (unpaired) electrons. The summed E-state index contributed by atoms with van der Waals surface area (Å²) in [5, 5.41) is 2.50. The third-order valence-corrected chi connectivity index (χ3v) is 3.80. The second-order valence-corrected chi connectivity index (χ2v) is 5.35. The van der Waals surface area contributed by atoms with Crippen LogP contribution in [0.1, 0.15) is 0 Å². The highest BCUT2D eigenvalue weighted by Gasteiger charge is 2.14. The summed E-state index contributed by atoms with van der Waals surface area (Å²) in [6.45, 7) is 0.722. The fraction of sp³-hybridized carbons (Fsp3) is 0.111. The van der Waals surface area contributed by atoms with Crippen molar-refractivity contribution in [1.29, 1.82) is 0 Å². The molecular weight excluding hydrogens is 274 g/mol. The van der Waals surface area contributed by atoms with Crippen molar-refractivity contribution in [2.45, 2.75) is 6.23 Å². The van der Waals surface area contributed by atoms with Gasteiger partial charge in [-0.2, -0.15) is 5.53 Å². The van der Waals surface area contributed by atoms with Gasteiger partial charge in [-0.1, -0.05) is 48.5 Å². The minimum Gasteiger partial charge on any atom is -0.473 e. The zero-order valence-corrected chi connectivity index (χ0v) is 12.0. The summed E-state index contributed by atoms with van der Waals surface area (Å²) in [7, 11) is 0. The van der Waals surface area contributed by atoms with E-state index in [-0.39, 0.29) is 6.23 Å². The number of hydrogen-bond acceptors (Lipinski definition) is 4.